The number of amides is 1. The number of carbonyl (C=O) groups is 1. The highest BCUT2D eigenvalue weighted by atomic mass is 16.6. The molecule has 1 atom stereocenters. The molecule has 0 fully saturated rings. The van der Waals surface area contributed by atoms with Gasteiger partial charge in [-0.2, -0.15) is 0 Å². The number of rotatable bonds is 5. The first kappa shape index (κ1) is 18.1. The third-order valence-electron chi connectivity index (χ3n) is 3.88. The smallest absolute Gasteiger partial charge is 0.304 e. The van der Waals surface area contributed by atoms with Crippen LogP contribution in [-0.2, 0) is 4.79 Å². The topological polar surface area (TPSA) is 130 Å². The molecule has 1 heterocycles. The number of nitrogens with one attached hydrogen (secondary N) is 1. The fourth-order valence-corrected chi connectivity index (χ4v) is 2.42. The van der Waals surface area contributed by atoms with Gasteiger partial charge >= 0.3 is 5.91 Å². The van der Waals surface area contributed by atoms with Crippen LogP contribution in [0, 0.1) is 17.0 Å². The average molecular weight is 368 g/mol. The van der Waals surface area contributed by atoms with Crippen molar-refractivity contribution < 1.29 is 19.6 Å². The number of azo groups is 1. The quantitative estimate of drug-likeness (QED) is 0.396. The number of H-pyrrole nitrogens is 1. The number of fused-ring (bicyclic) bond motifs is 1. The number of non-ortho nitro benzene ring substituents is 1. The Balaban J connectivity index is 1.81. The summed E-state index contributed by atoms with van der Waals surface area (Å²) in [6.45, 7) is 3.46. The molecule has 9 nitrogen and oxygen atoms in total. The van der Waals surface area contributed by atoms with Crippen molar-refractivity contribution in [2.24, 2.45) is 10.2 Å². The highest BCUT2D eigenvalue weighted by molar-refractivity contribution is 5.96. The first-order valence-electron chi connectivity index (χ1n) is 8.03. The number of ether oxygens (including phenoxy) is 1. The van der Waals surface area contributed by atoms with Crippen molar-refractivity contribution in [1.82, 2.24) is 4.98 Å². The number of nitro groups is 1. The van der Waals surface area contributed by atoms with E-state index in [2.05, 4.69) is 15.2 Å². The van der Waals surface area contributed by atoms with E-state index in [4.69, 9.17) is 4.74 Å². The Kier molecular flexibility index (Phi) is 4.84. The van der Waals surface area contributed by atoms with E-state index in [1.165, 1.54) is 25.1 Å². The summed E-state index contributed by atoms with van der Waals surface area (Å²) in [5.74, 6) is -0.480. The van der Waals surface area contributed by atoms with E-state index in [0.717, 1.165) is 5.56 Å². The van der Waals surface area contributed by atoms with E-state index in [-0.39, 0.29) is 22.6 Å². The second-order valence-electron chi connectivity index (χ2n) is 5.92. The highest BCUT2D eigenvalue weighted by Crippen LogP contribution is 2.37. The van der Waals surface area contributed by atoms with Crippen LogP contribution in [0.25, 0.3) is 10.9 Å². The first-order chi connectivity index (χ1) is 12.8. The van der Waals surface area contributed by atoms with Crippen LogP contribution in [0.5, 0.6) is 11.6 Å². The summed E-state index contributed by atoms with van der Waals surface area (Å²) in [7, 11) is 0. The summed E-state index contributed by atoms with van der Waals surface area (Å²) in [5.41, 5.74) is 1.28. The molecule has 2 N–H and O–H groups in total. The van der Waals surface area contributed by atoms with Crippen molar-refractivity contribution in [3.63, 3.8) is 0 Å². The highest BCUT2D eigenvalue weighted by Gasteiger charge is 2.17. The van der Waals surface area contributed by atoms with Gasteiger partial charge in [-0.25, -0.2) is 0 Å². The Hall–Kier alpha value is -3.75. The number of aromatic amines is 1. The molecule has 0 radical (unpaired) electrons. The molecule has 2 aromatic carbocycles. The molecule has 3 aromatic rings. The minimum atomic E-state index is -0.891. The number of benzene rings is 2. The monoisotopic (exact) mass is 368 g/mol. The molecule has 1 amide bonds. The minimum absolute atomic E-state index is 0.0513. The van der Waals surface area contributed by atoms with Crippen LogP contribution in [0.4, 0.5) is 11.4 Å². The lowest BCUT2D eigenvalue weighted by Gasteiger charge is -2.10. The van der Waals surface area contributed by atoms with E-state index in [0.29, 0.717) is 11.3 Å². The first-order valence-corrected chi connectivity index (χ1v) is 8.03. The van der Waals surface area contributed by atoms with Crippen LogP contribution < -0.4 is 4.74 Å². The number of hydrogen-bond donors (Lipinski definition) is 2. The van der Waals surface area contributed by atoms with Crippen LogP contribution in [0.1, 0.15) is 12.5 Å². The molecule has 27 heavy (non-hydrogen) atoms. The SMILES string of the molecule is Cc1ccc(O[C@@H](C)C(=O)N=Nc2c(O)[nH]c3ccc([N+](=O)[O-])cc23)cc1. The molecule has 0 aliphatic rings. The maximum absolute atomic E-state index is 12.1. The lowest BCUT2D eigenvalue weighted by molar-refractivity contribution is -0.384. The zero-order valence-corrected chi connectivity index (χ0v) is 14.5. The Bertz CT molecular complexity index is 1040. The number of nitrogens with zero attached hydrogens (tertiary/aromatic N) is 3. The van der Waals surface area contributed by atoms with Crippen LogP contribution in [0.3, 0.4) is 0 Å². The summed E-state index contributed by atoms with van der Waals surface area (Å²) >= 11 is 0. The molecule has 9 heteroatoms. The summed E-state index contributed by atoms with van der Waals surface area (Å²) in [5, 5.41) is 28.5. The number of nitro benzene ring substituents is 1. The molecule has 138 valence electrons. The molecule has 0 saturated carbocycles. The van der Waals surface area contributed by atoms with Crippen molar-refractivity contribution in [2.75, 3.05) is 0 Å². The normalized spacial score (nSPS) is 12.4. The van der Waals surface area contributed by atoms with Crippen molar-refractivity contribution in [3.8, 4) is 11.6 Å². The summed E-state index contributed by atoms with van der Waals surface area (Å²) in [4.78, 5) is 25.1. The standard InChI is InChI=1S/C18H16N4O5/c1-10-3-6-13(7-4-10)27-11(2)17(23)21-20-16-14-9-12(22(25)26)5-8-15(14)19-18(16)24/h3-9,11,19,24H,1-2H3/t11-/m0/s1. The van der Waals surface area contributed by atoms with Crippen molar-refractivity contribution >= 4 is 28.2 Å². The molecular formula is C18H16N4O5. The Labute approximate surface area is 153 Å². The van der Waals surface area contributed by atoms with E-state index in [9.17, 15) is 20.0 Å². The van der Waals surface area contributed by atoms with Gasteiger partial charge in [-0.05, 0) is 32.0 Å². The Morgan fingerprint density at radius 2 is 1.96 bits per heavy atom. The maximum atomic E-state index is 12.1. The van der Waals surface area contributed by atoms with Gasteiger partial charge in [-0.15, -0.1) is 10.2 Å². The molecule has 0 aliphatic carbocycles. The van der Waals surface area contributed by atoms with Crippen LogP contribution >= 0.6 is 0 Å². The van der Waals surface area contributed by atoms with Gasteiger partial charge in [0.15, 0.2) is 11.8 Å². The van der Waals surface area contributed by atoms with Crippen molar-refractivity contribution in [3.05, 3.63) is 58.1 Å². The Morgan fingerprint density at radius 1 is 1.26 bits per heavy atom. The van der Waals surface area contributed by atoms with Gasteiger partial charge in [-0.3, -0.25) is 14.9 Å². The number of aromatic nitrogens is 1. The fraction of sp³-hybridized carbons (Fsp3) is 0.167. The molecule has 0 spiro atoms. The molecule has 0 bridgehead atoms. The molecule has 0 aliphatic heterocycles. The van der Waals surface area contributed by atoms with Gasteiger partial charge < -0.3 is 14.8 Å². The zero-order valence-electron chi connectivity index (χ0n) is 14.5. The summed E-state index contributed by atoms with van der Waals surface area (Å²) in [6.07, 6.45) is -0.891. The van der Waals surface area contributed by atoms with Crippen molar-refractivity contribution in [2.45, 2.75) is 20.0 Å². The number of carbonyl (C=O) groups excluding carboxylic acids is 1. The van der Waals surface area contributed by atoms with Gasteiger partial charge in [0.25, 0.3) is 5.69 Å². The van der Waals surface area contributed by atoms with Gasteiger partial charge in [0.2, 0.25) is 5.88 Å². The van der Waals surface area contributed by atoms with Crippen molar-refractivity contribution in [1.29, 1.82) is 0 Å². The number of hydrogen-bond acceptors (Lipinski definition) is 6. The number of aromatic hydroxyl groups is 1. The largest absolute Gasteiger partial charge is 0.493 e. The van der Waals surface area contributed by atoms with E-state index in [1.807, 2.05) is 19.1 Å². The summed E-state index contributed by atoms with van der Waals surface area (Å²) in [6, 6.07) is 11.2. The van der Waals surface area contributed by atoms with Crippen LogP contribution in [0.2, 0.25) is 0 Å². The predicted molar refractivity (Wildman–Crippen MR) is 97.4 cm³/mol. The third kappa shape index (κ3) is 3.92. The Morgan fingerprint density at radius 3 is 2.63 bits per heavy atom. The lowest BCUT2D eigenvalue weighted by Crippen LogP contribution is -2.21. The average Bonchev–Trinajstić information content (AvgIpc) is 2.95. The minimum Gasteiger partial charge on any atom is -0.493 e. The molecule has 1 aromatic heterocycles. The molecular weight excluding hydrogens is 352 g/mol. The van der Waals surface area contributed by atoms with Gasteiger partial charge in [-0.1, -0.05) is 17.7 Å². The maximum Gasteiger partial charge on any atom is 0.304 e. The summed E-state index contributed by atoms with van der Waals surface area (Å²) < 4.78 is 5.51. The second-order valence-corrected chi connectivity index (χ2v) is 5.92. The van der Waals surface area contributed by atoms with Crippen LogP contribution in [-0.4, -0.2) is 27.0 Å². The lowest BCUT2D eigenvalue weighted by atomic mass is 10.2. The fourth-order valence-electron chi connectivity index (χ4n) is 2.42. The van der Waals surface area contributed by atoms with Crippen LogP contribution in [0.15, 0.2) is 52.7 Å². The third-order valence-corrected chi connectivity index (χ3v) is 3.88. The zero-order chi connectivity index (χ0) is 19.6. The second kappa shape index (κ2) is 7.24. The van der Waals surface area contributed by atoms with E-state index >= 15 is 0 Å². The molecule has 0 saturated heterocycles. The van der Waals surface area contributed by atoms with Gasteiger partial charge in [0.05, 0.1) is 10.4 Å². The van der Waals surface area contributed by atoms with Gasteiger partial charge in [0.1, 0.15) is 5.75 Å². The van der Waals surface area contributed by atoms with E-state index < -0.39 is 16.9 Å². The molecule has 0 unspecified atom stereocenters. The van der Waals surface area contributed by atoms with Gasteiger partial charge in [0, 0.05) is 17.5 Å². The molecule has 3 rings (SSSR count). The number of aryl methyl sites for hydroxylation is 1. The predicted octanol–water partition coefficient (Wildman–Crippen LogP) is 4.17. The van der Waals surface area contributed by atoms with E-state index in [1.54, 1.807) is 12.1 Å².